The van der Waals surface area contributed by atoms with Gasteiger partial charge in [-0.05, 0) is 32.1 Å². The van der Waals surface area contributed by atoms with E-state index in [4.69, 9.17) is 0 Å². The Kier molecular flexibility index (Phi) is 3.58. The second-order valence-corrected chi connectivity index (χ2v) is 6.14. The number of H-pyrrole nitrogens is 1. The van der Waals surface area contributed by atoms with Gasteiger partial charge in [0.2, 0.25) is 5.91 Å². The van der Waals surface area contributed by atoms with Crippen molar-refractivity contribution in [1.29, 1.82) is 0 Å². The van der Waals surface area contributed by atoms with Gasteiger partial charge in [0, 0.05) is 24.1 Å². The lowest BCUT2D eigenvalue weighted by Gasteiger charge is -2.28. The fourth-order valence-corrected chi connectivity index (χ4v) is 3.37. The van der Waals surface area contributed by atoms with Crippen LogP contribution in [0, 0.1) is 11.8 Å². The van der Waals surface area contributed by atoms with Gasteiger partial charge in [0.15, 0.2) is 0 Å². The zero-order valence-corrected chi connectivity index (χ0v) is 11.6. The minimum atomic E-state index is 0.148. The molecule has 2 N–H and O–H groups in total. The van der Waals surface area contributed by atoms with Crippen LogP contribution < -0.4 is 5.32 Å². The van der Waals surface area contributed by atoms with Crippen LogP contribution in [0.5, 0.6) is 0 Å². The van der Waals surface area contributed by atoms with Crippen LogP contribution in [-0.2, 0) is 4.79 Å². The average molecular weight is 261 g/mol. The highest BCUT2D eigenvalue weighted by Gasteiger charge is 2.45. The first-order chi connectivity index (χ1) is 9.25. The molecule has 2 fully saturated rings. The van der Waals surface area contributed by atoms with Crippen LogP contribution >= 0.6 is 0 Å². The predicted molar refractivity (Wildman–Crippen MR) is 73.6 cm³/mol. The molecule has 4 nitrogen and oxygen atoms in total. The summed E-state index contributed by atoms with van der Waals surface area (Å²) in [5.41, 5.74) is 1.03. The van der Waals surface area contributed by atoms with Gasteiger partial charge in [-0.3, -0.25) is 4.79 Å². The SMILES string of the molecule is C[C@@H](NC(=O)[C@@H]1C[C@H]1c1c[nH]cn1)C1CCCCC1. The molecule has 2 aliphatic carbocycles. The summed E-state index contributed by atoms with van der Waals surface area (Å²) in [7, 11) is 0. The maximum atomic E-state index is 12.2. The summed E-state index contributed by atoms with van der Waals surface area (Å²) >= 11 is 0. The molecule has 0 saturated heterocycles. The first kappa shape index (κ1) is 12.7. The molecule has 3 atom stereocenters. The molecule has 2 aliphatic rings. The lowest BCUT2D eigenvalue weighted by Crippen LogP contribution is -2.39. The number of nitrogens with zero attached hydrogens (tertiary/aromatic N) is 1. The van der Waals surface area contributed by atoms with Gasteiger partial charge in [0.25, 0.3) is 0 Å². The van der Waals surface area contributed by atoms with Crippen LogP contribution in [0.15, 0.2) is 12.5 Å². The van der Waals surface area contributed by atoms with Crippen LogP contribution in [-0.4, -0.2) is 21.9 Å². The van der Waals surface area contributed by atoms with E-state index >= 15 is 0 Å². The number of carbonyl (C=O) groups excluding carboxylic acids is 1. The van der Waals surface area contributed by atoms with Crippen molar-refractivity contribution in [3.05, 3.63) is 18.2 Å². The number of imidazole rings is 1. The normalized spacial score (nSPS) is 28.9. The van der Waals surface area contributed by atoms with Gasteiger partial charge in [-0.25, -0.2) is 4.98 Å². The number of rotatable bonds is 4. The third-order valence-electron chi connectivity index (χ3n) is 4.75. The van der Waals surface area contributed by atoms with Crippen molar-refractivity contribution in [2.75, 3.05) is 0 Å². The summed E-state index contributed by atoms with van der Waals surface area (Å²) in [6.07, 6.45) is 11.1. The number of hydrogen-bond donors (Lipinski definition) is 2. The monoisotopic (exact) mass is 261 g/mol. The Balaban J connectivity index is 1.49. The number of nitrogens with one attached hydrogen (secondary N) is 2. The fourth-order valence-electron chi connectivity index (χ4n) is 3.37. The van der Waals surface area contributed by atoms with Crippen LogP contribution in [0.1, 0.15) is 57.1 Å². The van der Waals surface area contributed by atoms with E-state index in [9.17, 15) is 4.79 Å². The van der Waals surface area contributed by atoms with E-state index in [1.807, 2.05) is 6.20 Å². The number of aromatic amines is 1. The Morgan fingerprint density at radius 3 is 2.89 bits per heavy atom. The Morgan fingerprint density at radius 1 is 1.42 bits per heavy atom. The number of amides is 1. The molecule has 1 aromatic heterocycles. The van der Waals surface area contributed by atoms with Crippen LogP contribution in [0.4, 0.5) is 0 Å². The molecule has 1 amide bonds. The standard InChI is InChI=1S/C15H23N3O/c1-10(11-5-3-2-4-6-11)18-15(19)13-7-12(13)14-8-16-9-17-14/h8-13H,2-7H2,1H3,(H,16,17)(H,18,19)/t10-,12-,13-/m1/s1. The predicted octanol–water partition coefficient (Wildman–Crippen LogP) is 2.60. The molecular weight excluding hydrogens is 238 g/mol. The Labute approximate surface area is 114 Å². The van der Waals surface area contributed by atoms with Gasteiger partial charge in [-0.15, -0.1) is 0 Å². The van der Waals surface area contributed by atoms with Crippen molar-refractivity contribution in [1.82, 2.24) is 15.3 Å². The molecule has 4 heteroatoms. The maximum absolute atomic E-state index is 12.2. The lowest BCUT2D eigenvalue weighted by molar-refractivity contribution is -0.123. The number of hydrogen-bond acceptors (Lipinski definition) is 2. The van der Waals surface area contributed by atoms with E-state index in [1.165, 1.54) is 32.1 Å². The Hall–Kier alpha value is -1.32. The number of aromatic nitrogens is 2. The summed E-state index contributed by atoms with van der Waals surface area (Å²) in [5.74, 6) is 1.39. The fraction of sp³-hybridized carbons (Fsp3) is 0.733. The van der Waals surface area contributed by atoms with Crippen LogP contribution in [0.3, 0.4) is 0 Å². The molecule has 0 radical (unpaired) electrons. The lowest BCUT2D eigenvalue weighted by atomic mass is 9.84. The largest absolute Gasteiger partial charge is 0.353 e. The molecule has 0 aromatic carbocycles. The van der Waals surface area contributed by atoms with Crippen LogP contribution in [0.2, 0.25) is 0 Å². The Morgan fingerprint density at radius 2 is 2.21 bits per heavy atom. The van der Waals surface area contributed by atoms with Crippen molar-refractivity contribution < 1.29 is 4.79 Å². The minimum Gasteiger partial charge on any atom is -0.353 e. The smallest absolute Gasteiger partial charge is 0.224 e. The first-order valence-corrected chi connectivity index (χ1v) is 7.54. The highest BCUT2D eigenvalue weighted by Crippen LogP contribution is 2.46. The zero-order valence-electron chi connectivity index (χ0n) is 11.6. The highest BCUT2D eigenvalue weighted by atomic mass is 16.2. The molecule has 3 rings (SSSR count). The minimum absolute atomic E-state index is 0.148. The molecule has 2 saturated carbocycles. The molecule has 19 heavy (non-hydrogen) atoms. The second kappa shape index (κ2) is 5.35. The molecule has 0 aliphatic heterocycles. The molecule has 0 unspecified atom stereocenters. The molecule has 0 spiro atoms. The van der Waals surface area contributed by atoms with Gasteiger partial charge in [-0.2, -0.15) is 0 Å². The summed E-state index contributed by atoms with van der Waals surface area (Å²) in [6.45, 7) is 2.17. The zero-order chi connectivity index (χ0) is 13.2. The van der Waals surface area contributed by atoms with Crippen molar-refractivity contribution in [2.45, 2.75) is 57.4 Å². The molecule has 1 heterocycles. The van der Waals surface area contributed by atoms with E-state index < -0.39 is 0 Å². The highest BCUT2D eigenvalue weighted by molar-refractivity contribution is 5.83. The summed E-state index contributed by atoms with van der Waals surface area (Å²) in [5, 5.41) is 3.23. The van der Waals surface area contributed by atoms with Gasteiger partial charge >= 0.3 is 0 Å². The molecule has 1 aromatic rings. The molecular formula is C15H23N3O. The van der Waals surface area contributed by atoms with Crippen molar-refractivity contribution in [2.24, 2.45) is 11.8 Å². The van der Waals surface area contributed by atoms with E-state index in [-0.39, 0.29) is 11.8 Å². The molecule has 0 bridgehead atoms. The number of carbonyl (C=O) groups is 1. The average Bonchev–Trinajstić information content (AvgIpc) is 3.06. The molecule has 104 valence electrons. The topological polar surface area (TPSA) is 57.8 Å². The van der Waals surface area contributed by atoms with Gasteiger partial charge in [-0.1, -0.05) is 19.3 Å². The second-order valence-electron chi connectivity index (χ2n) is 6.14. The van der Waals surface area contributed by atoms with Crippen LogP contribution in [0.25, 0.3) is 0 Å². The summed E-state index contributed by atoms with van der Waals surface area (Å²) < 4.78 is 0. The third kappa shape index (κ3) is 2.82. The maximum Gasteiger partial charge on any atom is 0.224 e. The third-order valence-corrected chi connectivity index (χ3v) is 4.75. The van der Waals surface area contributed by atoms with E-state index in [0.717, 1.165) is 12.1 Å². The van der Waals surface area contributed by atoms with Crippen molar-refractivity contribution in [3.8, 4) is 0 Å². The Bertz CT molecular complexity index is 423. The van der Waals surface area contributed by atoms with Gasteiger partial charge < -0.3 is 10.3 Å². The summed E-state index contributed by atoms with van der Waals surface area (Å²) in [4.78, 5) is 19.4. The van der Waals surface area contributed by atoms with Crippen molar-refractivity contribution in [3.63, 3.8) is 0 Å². The quantitative estimate of drug-likeness (QED) is 0.875. The van der Waals surface area contributed by atoms with E-state index in [0.29, 0.717) is 17.9 Å². The summed E-state index contributed by atoms with van der Waals surface area (Å²) in [6, 6.07) is 0.327. The first-order valence-electron chi connectivity index (χ1n) is 7.54. The van der Waals surface area contributed by atoms with E-state index in [1.54, 1.807) is 6.33 Å². The van der Waals surface area contributed by atoms with Crippen molar-refractivity contribution >= 4 is 5.91 Å². The van der Waals surface area contributed by atoms with Gasteiger partial charge in [0.1, 0.15) is 0 Å². The van der Waals surface area contributed by atoms with Gasteiger partial charge in [0.05, 0.1) is 12.0 Å². The van der Waals surface area contributed by atoms with E-state index in [2.05, 4.69) is 22.2 Å².